The van der Waals surface area contributed by atoms with Crippen LogP contribution < -0.4 is 4.74 Å². The van der Waals surface area contributed by atoms with Crippen LogP contribution in [0.2, 0.25) is 0 Å². The zero-order chi connectivity index (χ0) is 24.9. The summed E-state index contributed by atoms with van der Waals surface area (Å²) in [4.78, 5) is 52.7. The monoisotopic (exact) mass is 606 g/mol. The van der Waals surface area contributed by atoms with Crippen LogP contribution in [0.1, 0.15) is 23.6 Å². The fourth-order valence-corrected chi connectivity index (χ4v) is 5.33. The second-order valence-corrected chi connectivity index (χ2v) is 10.0. The molecule has 0 aliphatic carbocycles. The van der Waals surface area contributed by atoms with Gasteiger partial charge in [-0.05, 0) is 82.6 Å². The summed E-state index contributed by atoms with van der Waals surface area (Å²) in [5.41, 5.74) is 3.00. The number of carbonyl (C=O) groups excluding carboxylic acids is 4. The van der Waals surface area contributed by atoms with Crippen molar-refractivity contribution in [1.29, 1.82) is 0 Å². The lowest BCUT2D eigenvalue weighted by Crippen LogP contribution is -2.44. The molecule has 0 radical (unpaired) electrons. The number of amides is 3. The van der Waals surface area contributed by atoms with E-state index in [1.54, 1.807) is 36.1 Å². The topological polar surface area (TPSA) is 93.2 Å². The lowest BCUT2D eigenvalue weighted by atomic mass is 10.00. The first-order valence-corrected chi connectivity index (χ1v) is 12.9. The van der Waals surface area contributed by atoms with Gasteiger partial charge in [0.1, 0.15) is 12.3 Å². The largest absolute Gasteiger partial charge is 0.481 e. The Hall–Kier alpha value is -2.86. The molecule has 0 unspecified atom stereocenters. The molecule has 0 spiro atoms. The zero-order valence-corrected chi connectivity index (χ0v) is 22.0. The quantitative estimate of drug-likeness (QED) is 0.269. The van der Waals surface area contributed by atoms with Gasteiger partial charge in [0.15, 0.2) is 6.61 Å². The smallest absolute Gasteiger partial charge is 0.344 e. The third-order valence-electron chi connectivity index (χ3n) is 5.55. The van der Waals surface area contributed by atoms with E-state index in [9.17, 15) is 19.2 Å². The Bertz CT molecular complexity index is 1210. The first kappa shape index (κ1) is 25.2. The number of thioether (sulfide) groups is 1. The van der Waals surface area contributed by atoms with Gasteiger partial charge in [-0.15, -0.1) is 0 Å². The van der Waals surface area contributed by atoms with Crippen LogP contribution in [0.25, 0.3) is 6.08 Å². The molecule has 8 nitrogen and oxygen atoms in total. The third-order valence-corrected chi connectivity index (χ3v) is 7.31. The molecule has 1 saturated heterocycles. The van der Waals surface area contributed by atoms with Crippen molar-refractivity contribution < 1.29 is 28.7 Å². The molecule has 3 amide bonds. The number of fused-ring (bicyclic) bond motifs is 1. The normalized spacial score (nSPS) is 16.5. The highest BCUT2D eigenvalue weighted by atomic mass is 127. The number of ether oxygens (including phenoxy) is 2. The summed E-state index contributed by atoms with van der Waals surface area (Å²) < 4.78 is 11.1. The van der Waals surface area contributed by atoms with Crippen molar-refractivity contribution in [3.8, 4) is 5.75 Å². The highest BCUT2D eigenvalue weighted by Gasteiger charge is 2.37. The number of hydrogen-bond acceptors (Lipinski definition) is 7. The van der Waals surface area contributed by atoms with Crippen LogP contribution in [0.4, 0.5) is 4.79 Å². The summed E-state index contributed by atoms with van der Waals surface area (Å²) in [7, 11) is 0. The molecule has 10 heteroatoms. The number of halogens is 1. The van der Waals surface area contributed by atoms with Gasteiger partial charge >= 0.3 is 5.97 Å². The molecule has 4 rings (SSSR count). The molecule has 2 aromatic rings. The SMILES string of the molecule is CCOC(=O)COc1ccc(/C=C2\SC(=O)N(CC(=O)N3CCc4ccccc4C3)C2=O)cc1I. The van der Waals surface area contributed by atoms with Crippen LogP contribution in [0.15, 0.2) is 47.4 Å². The molecule has 2 heterocycles. The highest BCUT2D eigenvalue weighted by molar-refractivity contribution is 14.1. The van der Waals surface area contributed by atoms with E-state index >= 15 is 0 Å². The molecule has 0 saturated carbocycles. The number of imide groups is 1. The molecule has 2 aromatic carbocycles. The lowest BCUT2D eigenvalue weighted by Gasteiger charge is -2.29. The molecule has 1 fully saturated rings. The van der Waals surface area contributed by atoms with Crippen molar-refractivity contribution in [3.63, 3.8) is 0 Å². The summed E-state index contributed by atoms with van der Waals surface area (Å²) in [6.45, 7) is 2.57. The summed E-state index contributed by atoms with van der Waals surface area (Å²) >= 11 is 2.89. The number of carbonyl (C=O) groups is 4. The Labute approximate surface area is 220 Å². The fraction of sp³-hybridized carbons (Fsp3) is 0.280. The molecule has 2 aliphatic heterocycles. The molecule has 0 atom stereocenters. The standard InChI is InChI=1S/C25H23IN2O6S/c1-2-33-23(30)15-34-20-8-7-16(11-19(20)26)12-21-24(31)28(25(32)35-21)14-22(29)27-10-9-17-5-3-4-6-18(17)13-27/h3-8,11-12H,2,9-10,13-15H2,1H3/b21-12-. The predicted octanol–water partition coefficient (Wildman–Crippen LogP) is 3.85. The van der Waals surface area contributed by atoms with Gasteiger partial charge in [0.25, 0.3) is 11.1 Å². The Kier molecular flexibility index (Phi) is 8.11. The van der Waals surface area contributed by atoms with Crippen LogP contribution in [0, 0.1) is 3.57 Å². The zero-order valence-electron chi connectivity index (χ0n) is 19.0. The van der Waals surface area contributed by atoms with Crippen LogP contribution in [0.3, 0.4) is 0 Å². The molecular formula is C25H23IN2O6S. The molecule has 2 aliphatic rings. The van der Waals surface area contributed by atoms with Crippen molar-refractivity contribution in [2.45, 2.75) is 19.9 Å². The van der Waals surface area contributed by atoms with Gasteiger partial charge in [-0.1, -0.05) is 30.3 Å². The molecule has 35 heavy (non-hydrogen) atoms. The van der Waals surface area contributed by atoms with Gasteiger partial charge < -0.3 is 14.4 Å². The number of nitrogens with zero attached hydrogens (tertiary/aromatic N) is 2. The van der Waals surface area contributed by atoms with Crippen LogP contribution >= 0.6 is 34.4 Å². The molecular weight excluding hydrogens is 583 g/mol. The van der Waals surface area contributed by atoms with E-state index in [-0.39, 0.29) is 30.6 Å². The molecule has 0 bridgehead atoms. The van der Waals surface area contributed by atoms with E-state index in [1.807, 2.05) is 18.2 Å². The van der Waals surface area contributed by atoms with Gasteiger partial charge in [-0.3, -0.25) is 19.3 Å². The number of benzene rings is 2. The van der Waals surface area contributed by atoms with Crippen molar-refractivity contribution in [2.75, 3.05) is 26.3 Å². The van der Waals surface area contributed by atoms with Gasteiger partial charge in [0.2, 0.25) is 5.91 Å². The maximum absolute atomic E-state index is 12.9. The average Bonchev–Trinajstić information content (AvgIpc) is 3.10. The molecule has 0 N–H and O–H groups in total. The Balaban J connectivity index is 1.39. The van der Waals surface area contributed by atoms with E-state index in [0.717, 1.165) is 32.2 Å². The van der Waals surface area contributed by atoms with Gasteiger partial charge in [0, 0.05) is 13.1 Å². The molecule has 0 aromatic heterocycles. The number of esters is 1. The number of hydrogen-bond donors (Lipinski definition) is 0. The summed E-state index contributed by atoms with van der Waals surface area (Å²) in [6, 6.07) is 13.2. The lowest BCUT2D eigenvalue weighted by molar-refractivity contribution is -0.145. The third kappa shape index (κ3) is 6.04. The van der Waals surface area contributed by atoms with Crippen molar-refractivity contribution in [3.05, 3.63) is 67.6 Å². The second-order valence-electron chi connectivity index (χ2n) is 7.89. The van der Waals surface area contributed by atoms with E-state index in [4.69, 9.17) is 9.47 Å². The predicted molar refractivity (Wildman–Crippen MR) is 140 cm³/mol. The second kappa shape index (κ2) is 11.3. The summed E-state index contributed by atoms with van der Waals surface area (Å²) in [6.07, 6.45) is 2.37. The first-order chi connectivity index (χ1) is 16.9. The van der Waals surface area contributed by atoms with E-state index in [2.05, 4.69) is 28.7 Å². The minimum absolute atomic E-state index is 0.196. The van der Waals surface area contributed by atoms with E-state index in [0.29, 0.717) is 24.4 Å². The van der Waals surface area contributed by atoms with Gasteiger partial charge in [-0.2, -0.15) is 0 Å². The Morgan fingerprint density at radius 1 is 1.14 bits per heavy atom. The maximum atomic E-state index is 12.9. The maximum Gasteiger partial charge on any atom is 0.344 e. The van der Waals surface area contributed by atoms with Crippen molar-refractivity contribution in [1.82, 2.24) is 9.80 Å². The number of rotatable bonds is 7. The van der Waals surface area contributed by atoms with E-state index < -0.39 is 17.1 Å². The first-order valence-electron chi connectivity index (χ1n) is 11.0. The van der Waals surface area contributed by atoms with Crippen LogP contribution in [-0.2, 0) is 32.1 Å². The van der Waals surface area contributed by atoms with Gasteiger partial charge in [-0.25, -0.2) is 4.79 Å². The fourth-order valence-electron chi connectivity index (χ4n) is 3.79. The van der Waals surface area contributed by atoms with Crippen LogP contribution in [0.5, 0.6) is 5.75 Å². The highest BCUT2D eigenvalue weighted by Crippen LogP contribution is 2.33. The minimum Gasteiger partial charge on any atom is -0.481 e. The van der Waals surface area contributed by atoms with Crippen molar-refractivity contribution in [2.24, 2.45) is 0 Å². The summed E-state index contributed by atoms with van der Waals surface area (Å²) in [5.74, 6) is -0.675. The minimum atomic E-state index is -0.483. The Morgan fingerprint density at radius 2 is 1.91 bits per heavy atom. The molecule has 182 valence electrons. The average molecular weight is 606 g/mol. The van der Waals surface area contributed by atoms with Crippen molar-refractivity contribution >= 4 is 63.5 Å². The van der Waals surface area contributed by atoms with E-state index in [1.165, 1.54) is 5.56 Å². The Morgan fingerprint density at radius 3 is 2.66 bits per heavy atom. The van der Waals surface area contributed by atoms with Crippen LogP contribution in [-0.4, -0.2) is 59.1 Å². The van der Waals surface area contributed by atoms with Gasteiger partial charge in [0.05, 0.1) is 15.1 Å². The summed E-state index contributed by atoms with van der Waals surface area (Å²) in [5, 5.41) is -0.462.